The Kier molecular flexibility index (Phi) is 8.66. The second-order valence-electron chi connectivity index (χ2n) is 19.5. The largest absolute Gasteiger partial charge is 0.310 e. The molecule has 1 spiro atoms. The number of benzene rings is 9. The van der Waals surface area contributed by atoms with Gasteiger partial charge in [-0.3, -0.25) is 0 Å². The number of hydrogen-bond donors (Lipinski definition) is 0. The lowest BCUT2D eigenvalue weighted by molar-refractivity contribution is 0.332. The molecule has 308 valence electrons. The van der Waals surface area contributed by atoms with Crippen molar-refractivity contribution < 1.29 is 0 Å². The van der Waals surface area contributed by atoms with Gasteiger partial charge in [-0.25, -0.2) is 0 Å². The highest BCUT2D eigenvalue weighted by molar-refractivity contribution is 6.00. The van der Waals surface area contributed by atoms with Gasteiger partial charge in [-0.05, 0) is 150 Å². The van der Waals surface area contributed by atoms with E-state index < -0.39 is 5.41 Å². The fourth-order valence-corrected chi connectivity index (χ4v) is 11.6. The van der Waals surface area contributed by atoms with Gasteiger partial charge in [0.05, 0.1) is 11.1 Å². The summed E-state index contributed by atoms with van der Waals surface area (Å²) in [5.74, 6) is 0. The fourth-order valence-electron chi connectivity index (χ4n) is 11.6. The summed E-state index contributed by atoms with van der Waals surface area (Å²) in [6.45, 7) is 9.73. The van der Waals surface area contributed by atoms with Crippen molar-refractivity contribution in [3.8, 4) is 55.6 Å². The average molecular weight is 822 g/mol. The van der Waals surface area contributed by atoms with Gasteiger partial charge in [-0.15, -0.1) is 0 Å². The van der Waals surface area contributed by atoms with Crippen LogP contribution in [0.4, 0.5) is 17.1 Å². The Balaban J connectivity index is 1.12. The summed E-state index contributed by atoms with van der Waals surface area (Å²) in [4.78, 5) is 2.51. The Bertz CT molecular complexity index is 3220. The highest BCUT2D eigenvalue weighted by Crippen LogP contribution is 2.64. The first-order chi connectivity index (χ1) is 31.2. The molecule has 1 nitrogen and oxygen atoms in total. The first-order valence-electron chi connectivity index (χ1n) is 23.0. The first kappa shape index (κ1) is 38.5. The van der Waals surface area contributed by atoms with Crippen molar-refractivity contribution >= 4 is 17.1 Å². The van der Waals surface area contributed by atoms with Crippen LogP contribution in [0.3, 0.4) is 0 Å². The highest BCUT2D eigenvalue weighted by atomic mass is 15.1. The van der Waals surface area contributed by atoms with E-state index >= 15 is 0 Å². The van der Waals surface area contributed by atoms with Gasteiger partial charge in [-0.1, -0.05) is 198 Å². The van der Waals surface area contributed by atoms with Crippen LogP contribution in [0, 0.1) is 0 Å². The Morgan fingerprint density at radius 3 is 1.38 bits per heavy atom. The highest BCUT2D eigenvalue weighted by Gasteiger charge is 2.52. The van der Waals surface area contributed by atoms with Crippen LogP contribution < -0.4 is 4.90 Å². The molecular weight excluding hydrogens is 771 g/mol. The van der Waals surface area contributed by atoms with E-state index in [0.717, 1.165) is 11.4 Å². The topological polar surface area (TPSA) is 3.24 Å². The van der Waals surface area contributed by atoms with Crippen molar-refractivity contribution in [3.05, 3.63) is 246 Å². The standard InChI is InChI=1S/C63H51N/c1-61(2)36-37-62(3,4)59-39-46(32-35-57(59)61)52-40-53-51-26-13-16-29-56(51)63(54-27-14-11-24-49(54)50-25-12-15-28-55(50)63)58(53)41-60(52)64(47-22-9-6-10-23-47)48-33-30-43(31-34-48)45-21-17-20-44(38-45)42-18-7-5-8-19-42/h5-35,38-41H,36-37H2,1-4H3. The molecule has 0 saturated carbocycles. The minimum Gasteiger partial charge on any atom is -0.310 e. The van der Waals surface area contributed by atoms with E-state index in [1.165, 1.54) is 108 Å². The number of fused-ring (bicyclic) bond motifs is 11. The summed E-state index contributed by atoms with van der Waals surface area (Å²) in [6, 6.07) is 79.8. The predicted octanol–water partition coefficient (Wildman–Crippen LogP) is 16.8. The van der Waals surface area contributed by atoms with Gasteiger partial charge in [0.1, 0.15) is 0 Å². The van der Waals surface area contributed by atoms with Crippen LogP contribution in [0.25, 0.3) is 55.6 Å². The molecule has 9 aromatic rings. The number of hydrogen-bond acceptors (Lipinski definition) is 1. The molecule has 0 heterocycles. The molecule has 0 radical (unpaired) electrons. The minimum absolute atomic E-state index is 0.0679. The van der Waals surface area contributed by atoms with E-state index in [1.54, 1.807) is 0 Å². The summed E-state index contributed by atoms with van der Waals surface area (Å²) in [6.07, 6.45) is 2.35. The normalized spacial score (nSPS) is 15.4. The molecule has 0 unspecified atom stereocenters. The second-order valence-corrected chi connectivity index (χ2v) is 19.5. The molecule has 0 aromatic heterocycles. The summed E-state index contributed by atoms with van der Waals surface area (Å²) in [7, 11) is 0. The SMILES string of the molecule is CC1(C)CCC(C)(C)c2cc(-c3cc4c(cc3N(c3ccccc3)c3ccc(-c5cccc(-c6ccccc6)c5)cc3)C3(c5ccccc5-c5ccccc53)c3ccccc3-4)ccc21. The molecule has 64 heavy (non-hydrogen) atoms. The first-order valence-corrected chi connectivity index (χ1v) is 23.0. The Labute approximate surface area is 378 Å². The van der Waals surface area contributed by atoms with Gasteiger partial charge >= 0.3 is 0 Å². The smallest absolute Gasteiger partial charge is 0.0726 e. The van der Waals surface area contributed by atoms with Gasteiger partial charge in [0, 0.05) is 16.9 Å². The van der Waals surface area contributed by atoms with Crippen molar-refractivity contribution in [2.24, 2.45) is 0 Å². The van der Waals surface area contributed by atoms with Crippen molar-refractivity contribution in [1.29, 1.82) is 0 Å². The van der Waals surface area contributed by atoms with Crippen LogP contribution in [0.1, 0.15) is 73.9 Å². The zero-order chi connectivity index (χ0) is 43.2. The van der Waals surface area contributed by atoms with Crippen molar-refractivity contribution in [1.82, 2.24) is 0 Å². The molecule has 3 aliphatic carbocycles. The van der Waals surface area contributed by atoms with E-state index in [-0.39, 0.29) is 10.8 Å². The molecule has 0 aliphatic heterocycles. The van der Waals surface area contributed by atoms with Gasteiger partial charge in [-0.2, -0.15) is 0 Å². The van der Waals surface area contributed by atoms with Gasteiger partial charge in [0.25, 0.3) is 0 Å². The quantitative estimate of drug-likeness (QED) is 0.161. The predicted molar refractivity (Wildman–Crippen MR) is 269 cm³/mol. The summed E-state index contributed by atoms with van der Waals surface area (Å²) < 4.78 is 0. The average Bonchev–Trinajstić information content (AvgIpc) is 3.80. The summed E-state index contributed by atoms with van der Waals surface area (Å²) in [5.41, 5.74) is 24.1. The minimum atomic E-state index is -0.468. The van der Waals surface area contributed by atoms with Gasteiger partial charge in [0.15, 0.2) is 0 Å². The summed E-state index contributed by atoms with van der Waals surface area (Å²) >= 11 is 0. The zero-order valence-electron chi connectivity index (χ0n) is 37.1. The molecule has 0 atom stereocenters. The maximum atomic E-state index is 2.57. The molecule has 12 rings (SSSR count). The van der Waals surface area contributed by atoms with E-state index in [4.69, 9.17) is 0 Å². The molecule has 1 heteroatoms. The van der Waals surface area contributed by atoms with Crippen LogP contribution in [0.5, 0.6) is 0 Å². The second kappa shape index (κ2) is 14.4. The van der Waals surface area contributed by atoms with Crippen LogP contribution >= 0.6 is 0 Å². The molecule has 0 fully saturated rings. The molecule has 0 N–H and O–H groups in total. The Morgan fingerprint density at radius 1 is 0.297 bits per heavy atom. The molecule has 9 aromatic carbocycles. The number of rotatable bonds is 6. The third-order valence-corrected chi connectivity index (χ3v) is 15.0. The number of nitrogens with zero attached hydrogens (tertiary/aromatic N) is 1. The summed E-state index contributed by atoms with van der Waals surface area (Å²) in [5, 5.41) is 0. The van der Waals surface area contributed by atoms with Crippen molar-refractivity contribution in [3.63, 3.8) is 0 Å². The Morgan fingerprint density at radius 2 is 0.766 bits per heavy atom. The third kappa shape index (κ3) is 5.77. The van der Waals surface area contributed by atoms with Crippen molar-refractivity contribution in [2.45, 2.75) is 56.8 Å². The van der Waals surface area contributed by atoms with Crippen LogP contribution in [-0.4, -0.2) is 0 Å². The van der Waals surface area contributed by atoms with Crippen LogP contribution in [0.2, 0.25) is 0 Å². The molecule has 3 aliphatic rings. The number of anilines is 3. The van der Waals surface area contributed by atoms with Crippen molar-refractivity contribution in [2.75, 3.05) is 4.90 Å². The molecule has 0 bridgehead atoms. The molecule has 0 amide bonds. The van der Waals surface area contributed by atoms with E-state index in [2.05, 4.69) is 245 Å². The third-order valence-electron chi connectivity index (χ3n) is 15.0. The number of para-hydroxylation sites is 1. The molecule has 0 saturated heterocycles. The van der Waals surface area contributed by atoms with Crippen LogP contribution in [-0.2, 0) is 16.2 Å². The Hall–Kier alpha value is -7.22. The fraction of sp³-hybridized carbons (Fsp3) is 0.143. The van der Waals surface area contributed by atoms with E-state index in [1.807, 2.05) is 0 Å². The van der Waals surface area contributed by atoms with Gasteiger partial charge < -0.3 is 4.90 Å². The lowest BCUT2D eigenvalue weighted by Gasteiger charge is -2.42. The maximum absolute atomic E-state index is 2.57. The van der Waals surface area contributed by atoms with E-state index in [0.29, 0.717) is 0 Å². The zero-order valence-corrected chi connectivity index (χ0v) is 37.1. The lowest BCUT2D eigenvalue weighted by atomic mass is 9.63. The van der Waals surface area contributed by atoms with E-state index in [9.17, 15) is 0 Å². The van der Waals surface area contributed by atoms with Crippen LogP contribution in [0.15, 0.2) is 212 Å². The van der Waals surface area contributed by atoms with Gasteiger partial charge in [0.2, 0.25) is 0 Å². The lowest BCUT2D eigenvalue weighted by Crippen LogP contribution is -2.33. The molecular formula is C63H51N. The monoisotopic (exact) mass is 821 g/mol. The maximum Gasteiger partial charge on any atom is 0.0726 e.